The first-order valence-corrected chi connectivity index (χ1v) is 7.00. The number of amides is 2. The van der Waals surface area contributed by atoms with Crippen molar-refractivity contribution in [1.29, 1.82) is 0 Å². The Hall–Kier alpha value is -2.44. The molecule has 3 heterocycles. The van der Waals surface area contributed by atoms with Gasteiger partial charge in [0.1, 0.15) is 12.1 Å². The van der Waals surface area contributed by atoms with Crippen molar-refractivity contribution in [3.05, 3.63) is 36.0 Å². The minimum absolute atomic E-state index is 0.0256. The summed E-state index contributed by atoms with van der Waals surface area (Å²) in [5.41, 5.74) is 0.874. The van der Waals surface area contributed by atoms with Gasteiger partial charge in [-0.1, -0.05) is 6.07 Å². The average molecular weight is 286 g/mol. The molecule has 1 N–H and O–H groups in total. The highest BCUT2D eigenvalue weighted by molar-refractivity contribution is 5.88. The number of nitrogens with zero attached hydrogens (tertiary/aromatic N) is 5. The molecule has 1 unspecified atom stereocenters. The molecule has 110 valence electrons. The smallest absolute Gasteiger partial charge is 0.319 e. The lowest BCUT2D eigenvalue weighted by molar-refractivity contribution is 0.204. The van der Waals surface area contributed by atoms with Crippen LogP contribution >= 0.6 is 0 Å². The normalized spacial score (nSPS) is 18.0. The number of aromatic nitrogens is 4. The molecule has 2 amide bonds. The summed E-state index contributed by atoms with van der Waals surface area (Å²) in [6.07, 6.45) is 3.53. The second kappa shape index (κ2) is 5.51. The molecule has 0 aliphatic carbocycles. The maximum Gasteiger partial charge on any atom is 0.323 e. The van der Waals surface area contributed by atoms with Gasteiger partial charge in [-0.05, 0) is 31.9 Å². The molecule has 0 radical (unpaired) electrons. The number of rotatable bonds is 2. The Labute approximate surface area is 123 Å². The predicted molar refractivity (Wildman–Crippen MR) is 77.7 cm³/mol. The van der Waals surface area contributed by atoms with Crippen LogP contribution in [0.15, 0.2) is 24.5 Å². The number of carbonyl (C=O) groups is 1. The topological polar surface area (TPSA) is 75.9 Å². The highest BCUT2D eigenvalue weighted by Gasteiger charge is 2.33. The van der Waals surface area contributed by atoms with Crippen LogP contribution in [0, 0.1) is 6.92 Å². The Kier molecular flexibility index (Phi) is 3.55. The molecule has 1 aliphatic rings. The number of nitrogens with one attached hydrogen (secondary N) is 1. The van der Waals surface area contributed by atoms with Crippen molar-refractivity contribution in [1.82, 2.24) is 24.6 Å². The molecule has 0 bridgehead atoms. The van der Waals surface area contributed by atoms with Crippen LogP contribution in [0.1, 0.15) is 30.4 Å². The molecule has 0 saturated carbocycles. The van der Waals surface area contributed by atoms with Crippen LogP contribution in [0.25, 0.3) is 0 Å². The summed E-state index contributed by atoms with van der Waals surface area (Å²) in [5.74, 6) is 1.39. The molecule has 1 fully saturated rings. The highest BCUT2D eigenvalue weighted by atomic mass is 16.2. The van der Waals surface area contributed by atoms with Crippen molar-refractivity contribution < 1.29 is 4.79 Å². The van der Waals surface area contributed by atoms with Gasteiger partial charge in [0, 0.05) is 19.3 Å². The van der Waals surface area contributed by atoms with Gasteiger partial charge in [0.2, 0.25) is 0 Å². The number of hydrogen-bond donors (Lipinski definition) is 1. The molecule has 1 aliphatic heterocycles. The lowest BCUT2D eigenvalue weighted by Crippen LogP contribution is -2.35. The second-order valence-corrected chi connectivity index (χ2v) is 5.25. The molecule has 21 heavy (non-hydrogen) atoms. The lowest BCUT2D eigenvalue weighted by Gasteiger charge is -2.24. The summed E-state index contributed by atoms with van der Waals surface area (Å²) in [7, 11) is 1.89. The fourth-order valence-electron chi connectivity index (χ4n) is 2.67. The number of likely N-dealkylation sites (tertiary alicyclic amines) is 1. The van der Waals surface area contributed by atoms with Crippen molar-refractivity contribution in [3.8, 4) is 0 Å². The van der Waals surface area contributed by atoms with Crippen LogP contribution in [0.4, 0.5) is 10.6 Å². The number of pyridine rings is 1. The standard InChI is InChI=1S/C14H18N6O/c1-10-5-3-7-12(16-10)17-14(21)20-8-4-6-11(20)13-18-15-9-19(13)2/h3,5,7,9,11H,4,6,8H2,1-2H3,(H,16,17,21). The van der Waals surface area contributed by atoms with E-state index in [-0.39, 0.29) is 12.1 Å². The van der Waals surface area contributed by atoms with Gasteiger partial charge in [-0.2, -0.15) is 0 Å². The quantitative estimate of drug-likeness (QED) is 0.914. The van der Waals surface area contributed by atoms with Gasteiger partial charge in [-0.25, -0.2) is 9.78 Å². The van der Waals surface area contributed by atoms with Crippen LogP contribution in [0.5, 0.6) is 0 Å². The Morgan fingerprint density at radius 3 is 3.00 bits per heavy atom. The van der Waals surface area contributed by atoms with Gasteiger partial charge < -0.3 is 9.47 Å². The Bertz CT molecular complexity index is 652. The maximum absolute atomic E-state index is 12.5. The van der Waals surface area contributed by atoms with Crippen molar-refractivity contribution in [2.75, 3.05) is 11.9 Å². The molecule has 3 rings (SSSR count). The first-order valence-electron chi connectivity index (χ1n) is 7.00. The minimum Gasteiger partial charge on any atom is -0.319 e. The van der Waals surface area contributed by atoms with Crippen molar-refractivity contribution >= 4 is 11.8 Å². The van der Waals surface area contributed by atoms with Crippen LogP contribution < -0.4 is 5.32 Å². The van der Waals surface area contributed by atoms with Crippen molar-refractivity contribution in [2.45, 2.75) is 25.8 Å². The Balaban J connectivity index is 1.76. The van der Waals surface area contributed by atoms with Crippen molar-refractivity contribution in [2.24, 2.45) is 7.05 Å². The third-order valence-corrected chi connectivity index (χ3v) is 3.68. The zero-order valence-corrected chi connectivity index (χ0v) is 12.2. The van der Waals surface area contributed by atoms with E-state index in [0.29, 0.717) is 5.82 Å². The van der Waals surface area contributed by atoms with Gasteiger partial charge in [0.25, 0.3) is 0 Å². The number of aryl methyl sites for hydroxylation is 2. The summed E-state index contributed by atoms with van der Waals surface area (Å²) >= 11 is 0. The first-order chi connectivity index (χ1) is 10.1. The number of urea groups is 1. The number of anilines is 1. The van der Waals surface area contributed by atoms with E-state index in [1.165, 1.54) is 0 Å². The Morgan fingerprint density at radius 1 is 1.43 bits per heavy atom. The SMILES string of the molecule is Cc1cccc(NC(=O)N2CCCC2c2nncn2C)n1. The minimum atomic E-state index is -0.140. The monoisotopic (exact) mass is 286 g/mol. The van der Waals surface area contributed by atoms with E-state index in [4.69, 9.17) is 0 Å². The van der Waals surface area contributed by atoms with Gasteiger partial charge >= 0.3 is 6.03 Å². The molecule has 0 aromatic carbocycles. The first kappa shape index (κ1) is 13.5. The molecule has 1 saturated heterocycles. The lowest BCUT2D eigenvalue weighted by atomic mass is 10.2. The van der Waals surface area contributed by atoms with E-state index >= 15 is 0 Å². The van der Waals surface area contributed by atoms with Crippen LogP contribution in [-0.4, -0.2) is 37.2 Å². The van der Waals surface area contributed by atoms with Crippen LogP contribution in [0.2, 0.25) is 0 Å². The Morgan fingerprint density at radius 2 is 2.29 bits per heavy atom. The molecule has 1 atom stereocenters. The van der Waals surface area contributed by atoms with E-state index < -0.39 is 0 Å². The fraction of sp³-hybridized carbons (Fsp3) is 0.429. The molecule has 2 aromatic rings. The molecular weight excluding hydrogens is 268 g/mol. The summed E-state index contributed by atoms with van der Waals surface area (Å²) in [6, 6.07) is 5.40. The third kappa shape index (κ3) is 2.72. The van der Waals surface area contributed by atoms with Gasteiger partial charge in [0.15, 0.2) is 5.82 Å². The predicted octanol–water partition coefficient (Wildman–Crippen LogP) is 1.89. The average Bonchev–Trinajstić information content (AvgIpc) is 3.06. The van der Waals surface area contributed by atoms with Crippen LogP contribution in [0.3, 0.4) is 0 Å². The second-order valence-electron chi connectivity index (χ2n) is 5.25. The number of carbonyl (C=O) groups excluding carboxylic acids is 1. The van der Waals surface area contributed by atoms with E-state index in [2.05, 4.69) is 20.5 Å². The summed E-state index contributed by atoms with van der Waals surface area (Å²) < 4.78 is 1.86. The van der Waals surface area contributed by atoms with E-state index in [1.54, 1.807) is 17.3 Å². The highest BCUT2D eigenvalue weighted by Crippen LogP contribution is 2.30. The summed E-state index contributed by atoms with van der Waals surface area (Å²) in [6.45, 7) is 2.61. The maximum atomic E-state index is 12.5. The molecule has 2 aromatic heterocycles. The molecule has 7 heteroatoms. The fourth-order valence-corrected chi connectivity index (χ4v) is 2.67. The number of hydrogen-bond acceptors (Lipinski definition) is 4. The zero-order valence-electron chi connectivity index (χ0n) is 12.2. The van der Waals surface area contributed by atoms with E-state index in [1.807, 2.05) is 30.7 Å². The van der Waals surface area contributed by atoms with E-state index in [9.17, 15) is 4.79 Å². The third-order valence-electron chi connectivity index (χ3n) is 3.68. The summed E-state index contributed by atoms with van der Waals surface area (Å²) in [4.78, 5) is 18.6. The molecule has 7 nitrogen and oxygen atoms in total. The zero-order chi connectivity index (χ0) is 14.8. The largest absolute Gasteiger partial charge is 0.323 e. The van der Waals surface area contributed by atoms with Crippen molar-refractivity contribution in [3.63, 3.8) is 0 Å². The van der Waals surface area contributed by atoms with Gasteiger partial charge in [-0.3, -0.25) is 5.32 Å². The van der Waals surface area contributed by atoms with E-state index in [0.717, 1.165) is 30.9 Å². The molecular formula is C14H18N6O. The van der Waals surface area contributed by atoms with Gasteiger partial charge in [0.05, 0.1) is 6.04 Å². The van der Waals surface area contributed by atoms with Crippen LogP contribution in [-0.2, 0) is 7.05 Å². The molecule has 0 spiro atoms. The summed E-state index contributed by atoms with van der Waals surface area (Å²) in [5, 5.41) is 10.9. The van der Waals surface area contributed by atoms with Gasteiger partial charge in [-0.15, -0.1) is 10.2 Å².